The molecule has 0 aliphatic heterocycles. The Morgan fingerprint density at radius 3 is 2.28 bits per heavy atom. The number of hydrogen-bond acceptors (Lipinski definition) is 2. The van der Waals surface area contributed by atoms with Gasteiger partial charge in [-0.15, -0.1) is 0 Å². The first kappa shape index (κ1) is 16.7. The smallest absolute Gasteiger partial charge is 0.254 e. The predicted molar refractivity (Wildman–Crippen MR) is 100 cm³/mol. The molecule has 25 heavy (non-hydrogen) atoms. The van der Waals surface area contributed by atoms with Gasteiger partial charge in [0.25, 0.3) is 5.91 Å². The van der Waals surface area contributed by atoms with Crippen molar-refractivity contribution in [1.29, 1.82) is 0 Å². The molecule has 1 heterocycles. The molecular formula is C21H21N3O. The van der Waals surface area contributed by atoms with E-state index in [1.165, 1.54) is 0 Å². The van der Waals surface area contributed by atoms with E-state index >= 15 is 0 Å². The maximum absolute atomic E-state index is 13.1. The van der Waals surface area contributed by atoms with Crippen LogP contribution in [0.4, 0.5) is 0 Å². The number of nitrogens with zero attached hydrogens (tertiary/aromatic N) is 3. The van der Waals surface area contributed by atoms with Crippen LogP contribution in [0.3, 0.4) is 0 Å². The monoisotopic (exact) mass is 331 g/mol. The Labute approximate surface area is 148 Å². The van der Waals surface area contributed by atoms with Gasteiger partial charge in [0.1, 0.15) is 0 Å². The molecule has 0 aliphatic rings. The lowest BCUT2D eigenvalue weighted by molar-refractivity contribution is -0.124. The summed E-state index contributed by atoms with van der Waals surface area (Å²) in [5.41, 5.74) is 3.58. The molecule has 3 aromatic rings. The number of carbonyl (C=O) groups excluding carboxylic acids is 1. The second-order valence-corrected chi connectivity index (χ2v) is 5.94. The van der Waals surface area contributed by atoms with Crippen LogP contribution < -0.4 is 0 Å². The molecule has 0 unspecified atom stereocenters. The Kier molecular flexibility index (Phi) is 5.09. The van der Waals surface area contributed by atoms with Gasteiger partial charge in [-0.3, -0.25) is 9.48 Å². The second-order valence-electron chi connectivity index (χ2n) is 5.94. The molecule has 0 fully saturated rings. The van der Waals surface area contributed by atoms with E-state index in [9.17, 15) is 4.79 Å². The number of aromatic nitrogens is 2. The van der Waals surface area contributed by atoms with Crippen molar-refractivity contribution in [2.45, 2.75) is 6.54 Å². The fraction of sp³-hybridized carbons (Fsp3) is 0.143. The van der Waals surface area contributed by atoms with Crippen molar-refractivity contribution in [2.75, 3.05) is 7.05 Å². The van der Waals surface area contributed by atoms with E-state index < -0.39 is 0 Å². The highest BCUT2D eigenvalue weighted by Crippen LogP contribution is 2.21. The molecule has 1 amide bonds. The Hall–Kier alpha value is -3.14. The summed E-state index contributed by atoms with van der Waals surface area (Å²) in [6.45, 7) is 0.508. The van der Waals surface area contributed by atoms with Gasteiger partial charge in [-0.2, -0.15) is 5.10 Å². The molecule has 3 rings (SSSR count). The van der Waals surface area contributed by atoms with Crippen LogP contribution in [0.2, 0.25) is 0 Å². The van der Waals surface area contributed by atoms with Crippen LogP contribution in [0.5, 0.6) is 0 Å². The summed E-state index contributed by atoms with van der Waals surface area (Å²) < 4.78 is 1.78. The van der Waals surface area contributed by atoms with E-state index in [1.54, 1.807) is 15.8 Å². The first-order valence-corrected chi connectivity index (χ1v) is 8.19. The number of carbonyl (C=O) groups is 1. The average molecular weight is 331 g/mol. The minimum Gasteiger partial charge on any atom is -0.336 e. The number of aryl methyl sites for hydroxylation is 1. The fourth-order valence-corrected chi connectivity index (χ4v) is 2.68. The van der Waals surface area contributed by atoms with Gasteiger partial charge in [0.15, 0.2) is 0 Å². The van der Waals surface area contributed by atoms with Crippen LogP contribution in [-0.2, 0) is 18.4 Å². The Morgan fingerprint density at radius 1 is 1.04 bits per heavy atom. The van der Waals surface area contributed by atoms with E-state index in [4.69, 9.17) is 0 Å². The molecule has 0 spiro atoms. The molecule has 0 aliphatic carbocycles. The topological polar surface area (TPSA) is 38.1 Å². The molecule has 126 valence electrons. The Bertz CT molecular complexity index is 866. The molecule has 0 saturated heterocycles. The van der Waals surface area contributed by atoms with E-state index in [-0.39, 0.29) is 5.91 Å². The summed E-state index contributed by atoms with van der Waals surface area (Å²) in [5.74, 6) is -0.0174. The van der Waals surface area contributed by atoms with E-state index in [1.807, 2.05) is 86.9 Å². The third-order valence-corrected chi connectivity index (χ3v) is 4.09. The van der Waals surface area contributed by atoms with Crippen LogP contribution in [0.1, 0.15) is 16.8 Å². The lowest BCUT2D eigenvalue weighted by Crippen LogP contribution is -2.28. The Morgan fingerprint density at radius 2 is 1.68 bits per heavy atom. The minimum atomic E-state index is -0.0174. The van der Waals surface area contributed by atoms with Crippen molar-refractivity contribution in [3.8, 4) is 0 Å². The largest absolute Gasteiger partial charge is 0.336 e. The molecule has 0 N–H and O–H groups in total. The normalized spacial score (nSPS) is 11.4. The zero-order valence-electron chi connectivity index (χ0n) is 14.5. The van der Waals surface area contributed by atoms with Crippen molar-refractivity contribution >= 4 is 17.6 Å². The second kappa shape index (κ2) is 7.62. The molecule has 0 radical (unpaired) electrons. The van der Waals surface area contributed by atoms with Crippen LogP contribution in [0.25, 0.3) is 11.6 Å². The Balaban J connectivity index is 1.92. The average Bonchev–Trinajstić information content (AvgIpc) is 3.05. The molecule has 1 aromatic heterocycles. The van der Waals surface area contributed by atoms with Crippen molar-refractivity contribution in [1.82, 2.24) is 14.7 Å². The quantitative estimate of drug-likeness (QED) is 0.529. The van der Waals surface area contributed by atoms with Crippen LogP contribution in [0.15, 0.2) is 72.9 Å². The maximum atomic E-state index is 13.1. The first-order valence-electron chi connectivity index (χ1n) is 8.19. The molecule has 4 nitrogen and oxygen atoms in total. The van der Waals surface area contributed by atoms with Gasteiger partial charge in [-0.1, -0.05) is 60.7 Å². The third kappa shape index (κ3) is 4.04. The summed E-state index contributed by atoms with van der Waals surface area (Å²) in [6.07, 6.45) is 3.68. The number of amides is 1. The van der Waals surface area contributed by atoms with Gasteiger partial charge in [-0.25, -0.2) is 0 Å². The summed E-state index contributed by atoms with van der Waals surface area (Å²) in [7, 11) is 3.70. The predicted octanol–water partition coefficient (Wildman–Crippen LogP) is 3.62. The van der Waals surface area contributed by atoms with Crippen LogP contribution >= 0.6 is 0 Å². The lowest BCUT2D eigenvalue weighted by Gasteiger charge is -2.19. The summed E-state index contributed by atoms with van der Waals surface area (Å²) in [6, 6.07) is 21.6. The van der Waals surface area contributed by atoms with Gasteiger partial charge in [0, 0.05) is 25.9 Å². The minimum absolute atomic E-state index is 0.0174. The standard InChI is InChI=1S/C21H21N3O/c1-23(16-19-13-14-22-24(19)2)21(25)20(18-11-7-4-8-12-18)15-17-9-5-3-6-10-17/h3-15H,16H2,1-2H3/b20-15-. The van der Waals surface area contributed by atoms with Gasteiger partial charge in [0.05, 0.1) is 12.2 Å². The van der Waals surface area contributed by atoms with Crippen molar-refractivity contribution in [3.05, 3.63) is 89.7 Å². The number of rotatable bonds is 5. The van der Waals surface area contributed by atoms with Crippen molar-refractivity contribution in [3.63, 3.8) is 0 Å². The molecule has 0 bridgehead atoms. The van der Waals surface area contributed by atoms with Crippen LogP contribution in [-0.4, -0.2) is 27.6 Å². The molecule has 4 heteroatoms. The fourth-order valence-electron chi connectivity index (χ4n) is 2.68. The van der Waals surface area contributed by atoms with Gasteiger partial charge in [-0.05, 0) is 23.3 Å². The van der Waals surface area contributed by atoms with E-state index in [2.05, 4.69) is 5.10 Å². The van der Waals surface area contributed by atoms with E-state index in [0.29, 0.717) is 12.1 Å². The highest BCUT2D eigenvalue weighted by Gasteiger charge is 2.17. The van der Waals surface area contributed by atoms with Crippen molar-refractivity contribution < 1.29 is 4.79 Å². The van der Waals surface area contributed by atoms with Crippen molar-refractivity contribution in [2.24, 2.45) is 7.05 Å². The van der Waals surface area contributed by atoms with Gasteiger partial charge in [0.2, 0.25) is 0 Å². The molecular weight excluding hydrogens is 310 g/mol. The van der Waals surface area contributed by atoms with Gasteiger partial charge < -0.3 is 4.90 Å². The highest BCUT2D eigenvalue weighted by molar-refractivity contribution is 6.24. The van der Waals surface area contributed by atoms with Crippen LogP contribution in [0, 0.1) is 0 Å². The summed E-state index contributed by atoms with van der Waals surface area (Å²) >= 11 is 0. The summed E-state index contributed by atoms with van der Waals surface area (Å²) in [5, 5.41) is 4.16. The number of hydrogen-bond donors (Lipinski definition) is 0. The summed E-state index contributed by atoms with van der Waals surface area (Å²) in [4.78, 5) is 14.8. The zero-order valence-corrected chi connectivity index (χ0v) is 14.5. The molecule has 0 atom stereocenters. The molecule has 0 saturated carbocycles. The first-order chi connectivity index (χ1) is 12.1. The third-order valence-electron chi connectivity index (χ3n) is 4.09. The van der Waals surface area contributed by atoms with E-state index in [0.717, 1.165) is 16.8 Å². The maximum Gasteiger partial charge on any atom is 0.254 e. The number of likely N-dealkylation sites (N-methyl/N-ethyl adjacent to an activating group) is 1. The molecule has 2 aromatic carbocycles. The highest BCUT2D eigenvalue weighted by atomic mass is 16.2. The van der Waals surface area contributed by atoms with Gasteiger partial charge >= 0.3 is 0 Å². The lowest BCUT2D eigenvalue weighted by atomic mass is 10.0. The zero-order chi connectivity index (χ0) is 17.6. The SMILES string of the molecule is CN(Cc1ccnn1C)C(=O)/C(=C\c1ccccc1)c1ccccc1. The number of benzene rings is 2.